The van der Waals surface area contributed by atoms with Crippen LogP contribution in [-0.4, -0.2) is 16.4 Å². The fourth-order valence-electron chi connectivity index (χ4n) is 1.31. The molecule has 0 spiro atoms. The maximum absolute atomic E-state index is 5.85. The molecule has 1 unspecified atom stereocenters. The van der Waals surface area contributed by atoms with E-state index >= 15 is 0 Å². The summed E-state index contributed by atoms with van der Waals surface area (Å²) < 4.78 is 0.829. The molecule has 0 saturated carbocycles. The highest BCUT2D eigenvalue weighted by atomic mass is 35.5. The SMILES string of the molecule is S=CC1NC=CN1Cc1ccc(Cl)s1. The third-order valence-electron chi connectivity index (χ3n) is 1.99. The van der Waals surface area contributed by atoms with Gasteiger partial charge in [-0.2, -0.15) is 0 Å². The average Bonchev–Trinajstić information content (AvgIpc) is 2.76. The van der Waals surface area contributed by atoms with E-state index in [1.54, 1.807) is 16.7 Å². The van der Waals surface area contributed by atoms with E-state index in [1.807, 2.05) is 24.5 Å². The smallest absolute Gasteiger partial charge is 0.128 e. The first-order valence-electron chi connectivity index (χ1n) is 4.17. The highest BCUT2D eigenvalue weighted by molar-refractivity contribution is 7.79. The third-order valence-corrected chi connectivity index (χ3v) is 3.46. The molecule has 1 N–H and O–H groups in total. The number of nitrogens with one attached hydrogen (secondary N) is 1. The molecule has 2 heterocycles. The van der Waals surface area contributed by atoms with E-state index in [4.69, 9.17) is 23.8 Å². The molecule has 0 amide bonds. The molecule has 14 heavy (non-hydrogen) atoms. The van der Waals surface area contributed by atoms with E-state index in [0.717, 1.165) is 10.9 Å². The van der Waals surface area contributed by atoms with Crippen molar-refractivity contribution in [1.82, 2.24) is 10.2 Å². The highest BCUT2D eigenvalue weighted by Crippen LogP contribution is 2.23. The summed E-state index contributed by atoms with van der Waals surface area (Å²) in [6.07, 6.45) is 4.04. The van der Waals surface area contributed by atoms with Crippen LogP contribution in [0.25, 0.3) is 0 Å². The van der Waals surface area contributed by atoms with Crippen LogP contribution < -0.4 is 5.32 Å². The molecule has 0 saturated heterocycles. The van der Waals surface area contributed by atoms with Gasteiger partial charge in [-0.15, -0.1) is 11.3 Å². The third kappa shape index (κ3) is 2.08. The van der Waals surface area contributed by atoms with Gasteiger partial charge in [-0.25, -0.2) is 0 Å². The predicted molar refractivity (Wildman–Crippen MR) is 64.6 cm³/mol. The Labute approximate surface area is 97.2 Å². The molecule has 1 atom stereocenters. The van der Waals surface area contributed by atoms with E-state index in [1.165, 1.54) is 4.88 Å². The summed E-state index contributed by atoms with van der Waals surface area (Å²) in [5, 5.41) is 4.86. The summed E-state index contributed by atoms with van der Waals surface area (Å²) in [4.78, 5) is 3.38. The first-order valence-corrected chi connectivity index (χ1v) is 5.84. The normalized spacial score (nSPS) is 19.8. The second-order valence-corrected chi connectivity index (χ2v) is 5.01. The van der Waals surface area contributed by atoms with Crippen molar-refractivity contribution in [3.05, 3.63) is 33.7 Å². The molecule has 0 fully saturated rings. The number of rotatable bonds is 3. The molecule has 2 rings (SSSR count). The largest absolute Gasteiger partial charge is 0.366 e. The van der Waals surface area contributed by atoms with E-state index in [0.29, 0.717) is 0 Å². The molecule has 5 heteroatoms. The van der Waals surface area contributed by atoms with Gasteiger partial charge in [0.05, 0.1) is 10.9 Å². The first-order chi connectivity index (χ1) is 6.79. The monoisotopic (exact) mass is 244 g/mol. The molecule has 0 aliphatic carbocycles. The quantitative estimate of drug-likeness (QED) is 0.823. The Bertz CT molecular complexity index is 361. The summed E-state index contributed by atoms with van der Waals surface area (Å²) >= 11 is 12.4. The fourth-order valence-corrected chi connectivity index (χ4v) is 2.64. The minimum Gasteiger partial charge on any atom is -0.366 e. The molecule has 2 nitrogen and oxygen atoms in total. The molecule has 0 bridgehead atoms. The lowest BCUT2D eigenvalue weighted by molar-refractivity contribution is 0.344. The van der Waals surface area contributed by atoms with E-state index in [-0.39, 0.29) is 6.17 Å². The Morgan fingerprint density at radius 1 is 1.64 bits per heavy atom. The van der Waals surface area contributed by atoms with Crippen molar-refractivity contribution in [3.63, 3.8) is 0 Å². The van der Waals surface area contributed by atoms with E-state index in [2.05, 4.69) is 10.2 Å². The van der Waals surface area contributed by atoms with Crippen LogP contribution in [0, 0.1) is 0 Å². The molecule has 0 aromatic carbocycles. The second kappa shape index (κ2) is 4.29. The topological polar surface area (TPSA) is 15.3 Å². The summed E-state index contributed by atoms with van der Waals surface area (Å²) in [7, 11) is 0. The highest BCUT2D eigenvalue weighted by Gasteiger charge is 2.16. The van der Waals surface area contributed by atoms with Crippen molar-refractivity contribution in [2.24, 2.45) is 0 Å². The van der Waals surface area contributed by atoms with Gasteiger partial charge in [0.15, 0.2) is 0 Å². The van der Waals surface area contributed by atoms with Crippen molar-refractivity contribution in [3.8, 4) is 0 Å². The van der Waals surface area contributed by atoms with Crippen LogP contribution >= 0.6 is 35.2 Å². The van der Waals surface area contributed by atoms with Crippen molar-refractivity contribution >= 4 is 40.5 Å². The van der Waals surface area contributed by atoms with Crippen LogP contribution in [0.4, 0.5) is 0 Å². The number of thiophene rings is 1. The minimum absolute atomic E-state index is 0.130. The van der Waals surface area contributed by atoms with E-state index in [9.17, 15) is 0 Å². The number of halogens is 1. The van der Waals surface area contributed by atoms with Gasteiger partial charge < -0.3 is 10.2 Å². The van der Waals surface area contributed by atoms with Gasteiger partial charge >= 0.3 is 0 Å². The van der Waals surface area contributed by atoms with Gasteiger partial charge in [-0.1, -0.05) is 23.8 Å². The lowest BCUT2D eigenvalue weighted by Gasteiger charge is -2.20. The van der Waals surface area contributed by atoms with Crippen LogP contribution in [0.15, 0.2) is 24.5 Å². The van der Waals surface area contributed by atoms with Crippen LogP contribution in [0.5, 0.6) is 0 Å². The van der Waals surface area contributed by atoms with Gasteiger partial charge in [0.1, 0.15) is 6.17 Å². The Morgan fingerprint density at radius 3 is 3.14 bits per heavy atom. The van der Waals surface area contributed by atoms with Gasteiger partial charge in [0.2, 0.25) is 0 Å². The van der Waals surface area contributed by atoms with Gasteiger partial charge in [-0.3, -0.25) is 0 Å². The molecule has 1 aliphatic heterocycles. The van der Waals surface area contributed by atoms with Crippen LogP contribution in [-0.2, 0) is 6.54 Å². The molecule has 1 aromatic rings. The Balaban J connectivity index is 2.03. The van der Waals surface area contributed by atoms with Crippen LogP contribution in [0.2, 0.25) is 4.34 Å². The zero-order chi connectivity index (χ0) is 9.97. The predicted octanol–water partition coefficient (Wildman–Crippen LogP) is 2.60. The van der Waals surface area contributed by atoms with Crippen LogP contribution in [0.1, 0.15) is 4.88 Å². The zero-order valence-corrected chi connectivity index (χ0v) is 9.70. The first kappa shape index (κ1) is 9.96. The van der Waals surface area contributed by atoms with Crippen molar-refractivity contribution in [2.45, 2.75) is 12.7 Å². The van der Waals surface area contributed by atoms with Gasteiger partial charge in [0.25, 0.3) is 0 Å². The van der Waals surface area contributed by atoms with Gasteiger partial charge in [-0.05, 0) is 12.1 Å². The van der Waals surface area contributed by atoms with Crippen LogP contribution in [0.3, 0.4) is 0 Å². The lowest BCUT2D eigenvalue weighted by Crippen LogP contribution is -2.35. The Morgan fingerprint density at radius 2 is 2.50 bits per heavy atom. The van der Waals surface area contributed by atoms with Crippen molar-refractivity contribution < 1.29 is 0 Å². The maximum Gasteiger partial charge on any atom is 0.128 e. The molecular formula is C9H9ClN2S2. The molecular weight excluding hydrogens is 236 g/mol. The molecule has 74 valence electrons. The summed E-state index contributed by atoms with van der Waals surface area (Å²) in [5.74, 6) is 0. The zero-order valence-electron chi connectivity index (χ0n) is 7.31. The van der Waals surface area contributed by atoms with E-state index < -0.39 is 0 Å². The number of hydrogen-bond donors (Lipinski definition) is 1. The molecule has 0 radical (unpaired) electrons. The number of nitrogens with zero attached hydrogens (tertiary/aromatic N) is 1. The minimum atomic E-state index is 0.130. The number of hydrogen-bond acceptors (Lipinski definition) is 4. The number of thiocarbonyl (C=S) groups is 1. The maximum atomic E-state index is 5.85. The molecule has 1 aliphatic rings. The van der Waals surface area contributed by atoms with Crippen molar-refractivity contribution in [2.75, 3.05) is 0 Å². The standard InChI is InChI=1S/C9H9ClN2S2/c10-8-2-1-7(14-8)5-12-4-3-11-9(12)6-13/h1-4,6,9,11H,5H2. The Kier molecular flexibility index (Phi) is 3.05. The fraction of sp³-hybridized carbons (Fsp3) is 0.222. The summed E-state index contributed by atoms with van der Waals surface area (Å²) in [6, 6.07) is 3.96. The second-order valence-electron chi connectivity index (χ2n) is 2.94. The summed E-state index contributed by atoms with van der Waals surface area (Å²) in [6.45, 7) is 0.846. The Hall–Kier alpha value is -0.580. The van der Waals surface area contributed by atoms with Gasteiger partial charge in [0, 0.05) is 22.6 Å². The summed E-state index contributed by atoms with van der Waals surface area (Å²) in [5.41, 5.74) is 0. The average molecular weight is 245 g/mol. The lowest BCUT2D eigenvalue weighted by atomic mass is 10.4. The van der Waals surface area contributed by atoms with Crippen molar-refractivity contribution in [1.29, 1.82) is 0 Å². The molecule has 1 aromatic heterocycles.